The fourth-order valence-corrected chi connectivity index (χ4v) is 5.30. The summed E-state index contributed by atoms with van der Waals surface area (Å²) in [6.45, 7) is 2.64. The van der Waals surface area contributed by atoms with Crippen LogP contribution in [0.4, 0.5) is 11.4 Å². The molecule has 0 radical (unpaired) electrons. The van der Waals surface area contributed by atoms with E-state index < -0.39 is 22.2 Å². The van der Waals surface area contributed by atoms with Gasteiger partial charge in [-0.1, -0.05) is 11.8 Å². The zero-order valence-electron chi connectivity index (χ0n) is 21.5. The molecule has 1 aliphatic heterocycles. The number of carboxylic acids is 1. The first-order chi connectivity index (χ1) is 19.2. The summed E-state index contributed by atoms with van der Waals surface area (Å²) in [6.07, 6.45) is 3.03. The van der Waals surface area contributed by atoms with E-state index in [0.29, 0.717) is 35.5 Å². The van der Waals surface area contributed by atoms with Gasteiger partial charge in [-0.3, -0.25) is 14.6 Å². The molecule has 0 spiro atoms. The molecule has 3 N–H and O–H groups in total. The predicted octanol–water partition coefficient (Wildman–Crippen LogP) is 2.03. The molecule has 40 heavy (non-hydrogen) atoms. The summed E-state index contributed by atoms with van der Waals surface area (Å²) in [4.78, 5) is 29.3. The van der Waals surface area contributed by atoms with Crippen LogP contribution in [-0.4, -0.2) is 66.9 Å². The molecule has 1 aliphatic rings. The number of aliphatic carboxylic acids is 1. The number of nitrogens with zero attached hydrogens (tertiary/aromatic N) is 4. The Labute approximate surface area is 232 Å². The molecule has 0 aliphatic carbocycles. The summed E-state index contributed by atoms with van der Waals surface area (Å²) in [5.41, 5.74) is 3.39. The van der Waals surface area contributed by atoms with Gasteiger partial charge in [0, 0.05) is 61.0 Å². The highest BCUT2D eigenvalue weighted by molar-refractivity contribution is 7.87. The molecule has 204 valence electrons. The van der Waals surface area contributed by atoms with E-state index in [4.69, 9.17) is 5.11 Å². The van der Waals surface area contributed by atoms with Gasteiger partial charge in [-0.05, 0) is 61.5 Å². The van der Waals surface area contributed by atoms with E-state index in [1.165, 1.54) is 23.6 Å². The van der Waals surface area contributed by atoms with Crippen molar-refractivity contribution in [3.05, 3.63) is 89.2 Å². The Bertz CT molecular complexity index is 1600. The summed E-state index contributed by atoms with van der Waals surface area (Å²) < 4.78 is 28.3. The van der Waals surface area contributed by atoms with Crippen molar-refractivity contribution < 1.29 is 23.1 Å². The smallest absolute Gasteiger partial charge is 0.321 e. The van der Waals surface area contributed by atoms with E-state index in [2.05, 4.69) is 32.9 Å². The third-order valence-corrected chi connectivity index (χ3v) is 7.89. The Balaban J connectivity index is 1.37. The van der Waals surface area contributed by atoms with E-state index in [1.54, 1.807) is 30.3 Å². The van der Waals surface area contributed by atoms with E-state index in [9.17, 15) is 23.3 Å². The molecule has 2 aromatic carbocycles. The van der Waals surface area contributed by atoms with Crippen LogP contribution in [0.5, 0.6) is 0 Å². The summed E-state index contributed by atoms with van der Waals surface area (Å²) >= 11 is 0. The lowest BCUT2D eigenvalue weighted by molar-refractivity contribution is -0.138. The molecule has 1 fully saturated rings. The van der Waals surface area contributed by atoms with E-state index >= 15 is 0 Å². The van der Waals surface area contributed by atoms with Crippen molar-refractivity contribution in [1.29, 1.82) is 5.26 Å². The van der Waals surface area contributed by atoms with Crippen LogP contribution in [0.2, 0.25) is 0 Å². The van der Waals surface area contributed by atoms with Gasteiger partial charge in [0.1, 0.15) is 12.1 Å². The van der Waals surface area contributed by atoms with Gasteiger partial charge in [0.15, 0.2) is 0 Å². The van der Waals surface area contributed by atoms with Gasteiger partial charge in [-0.15, -0.1) is 0 Å². The molecule has 2 heterocycles. The number of carbonyl (C=O) groups excluding carboxylic acids is 1. The molecule has 1 aromatic heterocycles. The highest BCUT2D eigenvalue weighted by atomic mass is 32.2. The number of aromatic nitrogens is 1. The third-order valence-electron chi connectivity index (χ3n) is 6.19. The molecule has 12 heteroatoms. The van der Waals surface area contributed by atoms with Crippen molar-refractivity contribution in [1.82, 2.24) is 14.0 Å². The van der Waals surface area contributed by atoms with Gasteiger partial charge in [0.25, 0.3) is 16.1 Å². The maximum absolute atomic E-state index is 12.4. The SMILES string of the molecule is C[C@@H](NS(=O)(=O)N1CCN(c2ccc(C#Cc3ccc(NC(=O)c4ccncc4)c(C#N)c3)cc2)CC1)C(=O)O. The van der Waals surface area contributed by atoms with E-state index in [0.717, 1.165) is 11.3 Å². The number of piperazine rings is 1. The maximum Gasteiger partial charge on any atom is 0.321 e. The number of carboxylic acid groups (broad SMARTS) is 1. The van der Waals surface area contributed by atoms with Crippen LogP contribution in [0, 0.1) is 23.2 Å². The van der Waals surface area contributed by atoms with Crippen LogP contribution in [-0.2, 0) is 15.0 Å². The van der Waals surface area contributed by atoms with Crippen LogP contribution in [0.1, 0.15) is 34.0 Å². The fourth-order valence-electron chi connectivity index (χ4n) is 3.96. The minimum atomic E-state index is -3.89. The lowest BCUT2D eigenvalue weighted by atomic mass is 10.1. The van der Waals surface area contributed by atoms with Gasteiger partial charge in [0.05, 0.1) is 11.3 Å². The number of pyridine rings is 1. The number of nitrogens with one attached hydrogen (secondary N) is 2. The van der Waals surface area contributed by atoms with Gasteiger partial charge in [-0.25, -0.2) is 0 Å². The predicted molar refractivity (Wildman–Crippen MR) is 149 cm³/mol. The summed E-state index contributed by atoms with van der Waals surface area (Å²) in [7, 11) is -3.89. The number of benzene rings is 2. The number of rotatable bonds is 7. The van der Waals surface area contributed by atoms with E-state index in [1.807, 2.05) is 29.2 Å². The van der Waals surface area contributed by atoms with Crippen LogP contribution < -0.4 is 14.9 Å². The average molecular weight is 559 g/mol. The van der Waals surface area contributed by atoms with Crippen LogP contribution >= 0.6 is 0 Å². The second-order valence-electron chi connectivity index (χ2n) is 8.93. The molecule has 0 saturated carbocycles. The molecule has 0 bridgehead atoms. The number of nitriles is 1. The van der Waals surface area contributed by atoms with Crippen LogP contribution in [0.3, 0.4) is 0 Å². The molecule has 1 atom stereocenters. The number of hydrogen-bond acceptors (Lipinski definition) is 7. The van der Waals surface area contributed by atoms with Crippen LogP contribution in [0.15, 0.2) is 67.0 Å². The fraction of sp³-hybridized carbons (Fsp3) is 0.214. The van der Waals surface area contributed by atoms with Crippen molar-refractivity contribution in [3.8, 4) is 17.9 Å². The number of anilines is 2. The molecular weight excluding hydrogens is 532 g/mol. The van der Waals surface area contributed by atoms with Gasteiger partial charge >= 0.3 is 5.97 Å². The molecule has 0 unspecified atom stereocenters. The first-order valence-electron chi connectivity index (χ1n) is 12.3. The first kappa shape index (κ1) is 28.3. The quantitative estimate of drug-likeness (QED) is 0.372. The monoisotopic (exact) mass is 558 g/mol. The van der Waals surface area contributed by atoms with Gasteiger partial charge in [-0.2, -0.15) is 22.7 Å². The normalized spacial score (nSPS) is 14.3. The minimum absolute atomic E-state index is 0.226. The Morgan fingerprint density at radius 2 is 1.60 bits per heavy atom. The Hall–Kier alpha value is -4.75. The lowest BCUT2D eigenvalue weighted by Gasteiger charge is -2.35. The summed E-state index contributed by atoms with van der Waals surface area (Å²) in [6, 6.07) is 16.5. The minimum Gasteiger partial charge on any atom is -0.480 e. The van der Waals surface area contributed by atoms with Crippen molar-refractivity contribution in [2.75, 3.05) is 36.4 Å². The van der Waals surface area contributed by atoms with Crippen LogP contribution in [0.25, 0.3) is 0 Å². The lowest BCUT2D eigenvalue weighted by Crippen LogP contribution is -2.54. The Morgan fingerprint density at radius 3 is 2.23 bits per heavy atom. The Kier molecular flexibility index (Phi) is 8.76. The summed E-state index contributed by atoms with van der Waals surface area (Å²) in [5, 5.41) is 21.3. The molecule has 4 rings (SSSR count). The molecule has 3 aromatic rings. The number of amides is 1. The van der Waals surface area contributed by atoms with Gasteiger partial charge in [0.2, 0.25) is 0 Å². The largest absolute Gasteiger partial charge is 0.480 e. The number of hydrogen-bond donors (Lipinski definition) is 3. The zero-order valence-corrected chi connectivity index (χ0v) is 22.4. The topological polar surface area (TPSA) is 156 Å². The van der Waals surface area contributed by atoms with Crippen molar-refractivity contribution in [3.63, 3.8) is 0 Å². The van der Waals surface area contributed by atoms with Gasteiger partial charge < -0.3 is 15.3 Å². The maximum atomic E-state index is 12.4. The van der Waals surface area contributed by atoms with Crippen molar-refractivity contribution in [2.45, 2.75) is 13.0 Å². The third kappa shape index (κ3) is 7.01. The zero-order chi connectivity index (χ0) is 28.7. The second-order valence-corrected chi connectivity index (χ2v) is 10.6. The highest BCUT2D eigenvalue weighted by Gasteiger charge is 2.29. The van der Waals surface area contributed by atoms with E-state index in [-0.39, 0.29) is 19.0 Å². The molecule has 11 nitrogen and oxygen atoms in total. The first-order valence-corrected chi connectivity index (χ1v) is 13.7. The molecule has 1 saturated heterocycles. The van der Waals surface area contributed by atoms with Crippen molar-refractivity contribution >= 4 is 33.5 Å². The molecular formula is C28H26N6O5S. The highest BCUT2D eigenvalue weighted by Crippen LogP contribution is 2.20. The average Bonchev–Trinajstić information content (AvgIpc) is 2.97. The Morgan fingerprint density at radius 1 is 0.975 bits per heavy atom. The van der Waals surface area contributed by atoms with Crippen molar-refractivity contribution in [2.24, 2.45) is 0 Å². The summed E-state index contributed by atoms with van der Waals surface area (Å²) in [5.74, 6) is 4.52. The standard InChI is InChI=1S/C28H26N6O5S/c1-20(28(36)37)32-40(38,39)34-16-14-33(15-17-34)25-7-4-21(5-8-25)2-3-22-6-9-26(24(18-22)19-29)31-27(35)23-10-12-30-13-11-23/h4-13,18,20,32H,14-17H2,1H3,(H,31,35)(H,36,37)/t20-/m1/s1. The second kappa shape index (κ2) is 12.4. The number of carbonyl (C=O) groups is 2. The molecule has 1 amide bonds.